The van der Waals surface area contributed by atoms with Crippen molar-refractivity contribution in [2.45, 2.75) is 19.4 Å². The van der Waals surface area contributed by atoms with Gasteiger partial charge in [-0.1, -0.05) is 18.2 Å². The lowest BCUT2D eigenvalue weighted by molar-refractivity contribution is 0.0944. The third-order valence-corrected chi connectivity index (χ3v) is 5.28. The Hall–Kier alpha value is -1.89. The summed E-state index contributed by atoms with van der Waals surface area (Å²) >= 11 is 1.42. The van der Waals surface area contributed by atoms with Crippen LogP contribution in [0.4, 0.5) is 0 Å². The summed E-state index contributed by atoms with van der Waals surface area (Å²) < 4.78 is 0. The van der Waals surface area contributed by atoms with Gasteiger partial charge in [-0.2, -0.15) is 0 Å². The molecule has 0 radical (unpaired) electrons. The van der Waals surface area contributed by atoms with Crippen LogP contribution in [0.25, 0.3) is 0 Å². The molecule has 26 heavy (non-hydrogen) atoms. The number of hydrogen-bond acceptors (Lipinski definition) is 4. The fraction of sp³-hybridized carbons (Fsp3) is 0.368. The van der Waals surface area contributed by atoms with E-state index in [4.69, 9.17) is 0 Å². The first-order valence-electron chi connectivity index (χ1n) is 8.62. The van der Waals surface area contributed by atoms with E-state index in [-0.39, 0.29) is 24.2 Å². The number of hydrogen-bond donors (Lipinski definition) is 3. The summed E-state index contributed by atoms with van der Waals surface area (Å²) in [5, 5.41) is 11.1. The molecule has 140 valence electrons. The monoisotopic (exact) mass is 393 g/mol. The smallest absolute Gasteiger partial charge is 0.261 e. The predicted molar refractivity (Wildman–Crippen MR) is 107 cm³/mol. The van der Waals surface area contributed by atoms with Gasteiger partial charge < -0.3 is 16.0 Å². The third kappa shape index (κ3) is 5.83. The normalized spacial score (nSPS) is 15.9. The standard InChI is InChI=1S/C19H23N3O2S.ClH/c23-18(21-10-8-15-7-9-20-12-15)16-5-3-14(4-6-16)13-22-19(24)17-2-1-11-25-17;/h1-6,11,15,20H,7-10,12-13H2,(H,21,23)(H,22,24);1H. The highest BCUT2D eigenvalue weighted by atomic mass is 35.5. The Morgan fingerprint density at radius 1 is 1.12 bits per heavy atom. The van der Waals surface area contributed by atoms with Gasteiger partial charge in [0.15, 0.2) is 0 Å². The number of halogens is 1. The Morgan fingerprint density at radius 2 is 1.92 bits per heavy atom. The Balaban J connectivity index is 0.00000243. The maximum absolute atomic E-state index is 12.2. The molecule has 1 aromatic heterocycles. The van der Waals surface area contributed by atoms with Gasteiger partial charge in [0.05, 0.1) is 4.88 Å². The summed E-state index contributed by atoms with van der Waals surface area (Å²) in [6.45, 7) is 3.31. The lowest BCUT2D eigenvalue weighted by Crippen LogP contribution is -2.26. The topological polar surface area (TPSA) is 70.2 Å². The molecule has 2 amide bonds. The number of amides is 2. The van der Waals surface area contributed by atoms with Crippen molar-refractivity contribution in [1.29, 1.82) is 0 Å². The van der Waals surface area contributed by atoms with E-state index in [1.807, 2.05) is 23.6 Å². The van der Waals surface area contributed by atoms with Crippen molar-refractivity contribution in [3.8, 4) is 0 Å². The van der Waals surface area contributed by atoms with Crippen LogP contribution in [-0.4, -0.2) is 31.4 Å². The lowest BCUT2D eigenvalue weighted by atomic mass is 10.1. The van der Waals surface area contributed by atoms with Crippen LogP contribution in [-0.2, 0) is 6.54 Å². The molecule has 3 rings (SSSR count). The number of thiophene rings is 1. The second-order valence-electron chi connectivity index (χ2n) is 6.26. The van der Waals surface area contributed by atoms with Crippen LogP contribution in [0, 0.1) is 5.92 Å². The first kappa shape index (κ1) is 20.4. The molecule has 3 N–H and O–H groups in total. The van der Waals surface area contributed by atoms with Crippen LogP contribution in [0.15, 0.2) is 41.8 Å². The van der Waals surface area contributed by atoms with Crippen molar-refractivity contribution in [3.63, 3.8) is 0 Å². The zero-order chi connectivity index (χ0) is 17.5. The van der Waals surface area contributed by atoms with Crippen molar-refractivity contribution >= 4 is 35.6 Å². The Morgan fingerprint density at radius 3 is 2.58 bits per heavy atom. The van der Waals surface area contributed by atoms with Crippen molar-refractivity contribution in [2.75, 3.05) is 19.6 Å². The van der Waals surface area contributed by atoms with E-state index in [0.29, 0.717) is 29.4 Å². The molecule has 0 aliphatic carbocycles. The molecule has 1 aromatic carbocycles. The number of carbonyl (C=O) groups is 2. The van der Waals surface area contributed by atoms with E-state index in [0.717, 1.165) is 25.1 Å². The third-order valence-electron chi connectivity index (χ3n) is 4.41. The molecule has 1 aliphatic rings. The molecule has 1 aliphatic heterocycles. The minimum absolute atomic E-state index is 0. The van der Waals surface area contributed by atoms with Crippen LogP contribution < -0.4 is 16.0 Å². The van der Waals surface area contributed by atoms with Gasteiger partial charge in [0.25, 0.3) is 11.8 Å². The summed E-state index contributed by atoms with van der Waals surface area (Å²) in [6, 6.07) is 11.0. The molecular formula is C19H24ClN3O2S. The highest BCUT2D eigenvalue weighted by Gasteiger charge is 2.14. The van der Waals surface area contributed by atoms with Gasteiger partial charge in [-0.3, -0.25) is 9.59 Å². The second kappa shape index (κ2) is 10.3. The lowest BCUT2D eigenvalue weighted by Gasteiger charge is -2.10. The Kier molecular flexibility index (Phi) is 8.09. The largest absolute Gasteiger partial charge is 0.352 e. The van der Waals surface area contributed by atoms with Crippen LogP contribution in [0.2, 0.25) is 0 Å². The second-order valence-corrected chi connectivity index (χ2v) is 7.21. The van der Waals surface area contributed by atoms with Crippen molar-refractivity contribution < 1.29 is 9.59 Å². The van der Waals surface area contributed by atoms with Crippen LogP contribution >= 0.6 is 23.7 Å². The summed E-state index contributed by atoms with van der Waals surface area (Å²) in [7, 11) is 0. The van der Waals surface area contributed by atoms with Gasteiger partial charge in [-0.25, -0.2) is 0 Å². The minimum Gasteiger partial charge on any atom is -0.352 e. The molecule has 1 saturated heterocycles. The van der Waals surface area contributed by atoms with Crippen LogP contribution in [0.3, 0.4) is 0 Å². The van der Waals surface area contributed by atoms with Gasteiger partial charge in [0.2, 0.25) is 0 Å². The van der Waals surface area contributed by atoms with Crippen molar-refractivity contribution in [2.24, 2.45) is 5.92 Å². The van der Waals surface area contributed by atoms with Gasteiger partial charge >= 0.3 is 0 Å². The van der Waals surface area contributed by atoms with E-state index in [2.05, 4.69) is 16.0 Å². The number of nitrogens with one attached hydrogen (secondary N) is 3. The first-order valence-corrected chi connectivity index (χ1v) is 9.50. The van der Waals surface area contributed by atoms with E-state index in [1.165, 1.54) is 17.8 Å². The van der Waals surface area contributed by atoms with Crippen molar-refractivity contribution in [3.05, 3.63) is 57.8 Å². The van der Waals surface area contributed by atoms with E-state index < -0.39 is 0 Å². The first-order chi connectivity index (χ1) is 12.2. The molecule has 2 heterocycles. The summed E-state index contributed by atoms with van der Waals surface area (Å²) in [5.41, 5.74) is 1.62. The number of carbonyl (C=O) groups excluding carboxylic acids is 2. The van der Waals surface area contributed by atoms with Gasteiger partial charge in [-0.15, -0.1) is 23.7 Å². The average Bonchev–Trinajstić information content (AvgIpc) is 3.34. The molecular weight excluding hydrogens is 370 g/mol. The Bertz CT molecular complexity index is 698. The highest BCUT2D eigenvalue weighted by Crippen LogP contribution is 2.11. The van der Waals surface area contributed by atoms with Crippen LogP contribution in [0.1, 0.15) is 38.4 Å². The fourth-order valence-corrected chi connectivity index (χ4v) is 3.54. The van der Waals surface area contributed by atoms with Crippen molar-refractivity contribution in [1.82, 2.24) is 16.0 Å². The molecule has 1 fully saturated rings. The Labute approximate surface area is 164 Å². The predicted octanol–water partition coefficient (Wildman–Crippen LogP) is 2.83. The molecule has 0 spiro atoms. The maximum Gasteiger partial charge on any atom is 0.261 e. The summed E-state index contributed by atoms with van der Waals surface area (Å²) in [5.74, 6) is 0.563. The quantitative estimate of drug-likeness (QED) is 0.677. The summed E-state index contributed by atoms with van der Waals surface area (Å²) in [6.07, 6.45) is 2.22. The maximum atomic E-state index is 12.2. The van der Waals surface area contributed by atoms with E-state index >= 15 is 0 Å². The van der Waals surface area contributed by atoms with Gasteiger partial charge in [0, 0.05) is 18.7 Å². The molecule has 5 nitrogen and oxygen atoms in total. The minimum atomic E-state index is -0.0711. The molecule has 7 heteroatoms. The van der Waals surface area contributed by atoms with Gasteiger partial charge in [0.1, 0.15) is 0 Å². The number of rotatable bonds is 7. The average molecular weight is 394 g/mol. The molecule has 0 bridgehead atoms. The fourth-order valence-electron chi connectivity index (χ4n) is 2.90. The molecule has 0 saturated carbocycles. The summed E-state index contributed by atoms with van der Waals surface area (Å²) in [4.78, 5) is 24.8. The van der Waals surface area contributed by atoms with E-state index in [1.54, 1.807) is 18.2 Å². The highest BCUT2D eigenvalue weighted by molar-refractivity contribution is 7.12. The zero-order valence-electron chi connectivity index (χ0n) is 14.5. The zero-order valence-corrected chi connectivity index (χ0v) is 16.1. The molecule has 1 atom stereocenters. The van der Waals surface area contributed by atoms with Gasteiger partial charge in [-0.05, 0) is 61.0 Å². The number of benzene rings is 1. The molecule has 2 aromatic rings. The molecule has 1 unspecified atom stereocenters. The SMILES string of the molecule is Cl.O=C(NCCC1CCNC1)c1ccc(CNC(=O)c2cccs2)cc1. The van der Waals surface area contributed by atoms with Crippen LogP contribution in [0.5, 0.6) is 0 Å². The van der Waals surface area contributed by atoms with E-state index in [9.17, 15) is 9.59 Å².